The lowest BCUT2D eigenvalue weighted by Crippen LogP contribution is -2.26. The van der Waals surface area contributed by atoms with Crippen molar-refractivity contribution in [2.75, 3.05) is 19.0 Å². The van der Waals surface area contributed by atoms with Crippen LogP contribution in [0.4, 0.5) is 5.69 Å². The number of nitrogens with one attached hydrogen (secondary N) is 1. The summed E-state index contributed by atoms with van der Waals surface area (Å²) in [5, 5.41) is 3.03. The highest BCUT2D eigenvalue weighted by atomic mass is 79.9. The molecule has 1 atom stereocenters. The fraction of sp³-hybridized carbons (Fsp3) is 0.235. The van der Waals surface area contributed by atoms with E-state index in [4.69, 9.17) is 15.2 Å². The Kier molecular flexibility index (Phi) is 6.29. The topological polar surface area (TPSA) is 68.9 Å². The van der Waals surface area contributed by atoms with Crippen molar-refractivity contribution in [3.8, 4) is 11.5 Å². The van der Waals surface area contributed by atoms with Gasteiger partial charge in [0.2, 0.25) is 0 Å². The third kappa shape index (κ3) is 5.17. The molecule has 0 spiro atoms. The van der Waals surface area contributed by atoms with Gasteiger partial charge in [-0.2, -0.15) is 0 Å². The fourth-order valence-corrected chi connectivity index (χ4v) is 2.32. The first-order valence-electron chi connectivity index (χ1n) is 7.21. The lowest BCUT2D eigenvalue weighted by molar-refractivity contribution is 0.229. The second kappa shape index (κ2) is 8.43. The number of halogens is 1. The average molecular weight is 378 g/mol. The van der Waals surface area contributed by atoms with Gasteiger partial charge in [0.25, 0.3) is 0 Å². The molecule has 2 aromatic rings. The predicted octanol–water partition coefficient (Wildman–Crippen LogP) is 3.65. The maximum absolute atomic E-state index is 5.92. The Morgan fingerprint density at radius 3 is 2.52 bits per heavy atom. The van der Waals surface area contributed by atoms with Crippen LogP contribution < -0.4 is 20.5 Å². The van der Waals surface area contributed by atoms with E-state index in [9.17, 15) is 0 Å². The van der Waals surface area contributed by atoms with Gasteiger partial charge in [0.05, 0.1) is 23.8 Å². The molecule has 0 aliphatic rings. The Balaban J connectivity index is 1.92. The summed E-state index contributed by atoms with van der Waals surface area (Å²) in [4.78, 5) is 4.31. The molecule has 3 N–H and O–H groups in total. The van der Waals surface area contributed by atoms with Crippen molar-refractivity contribution >= 4 is 27.6 Å². The highest BCUT2D eigenvalue weighted by molar-refractivity contribution is 9.10. The second-order valence-corrected chi connectivity index (χ2v) is 5.76. The summed E-state index contributed by atoms with van der Waals surface area (Å²) in [5.74, 6) is 1.81. The van der Waals surface area contributed by atoms with Gasteiger partial charge in [-0.1, -0.05) is 24.3 Å². The van der Waals surface area contributed by atoms with Crippen LogP contribution in [-0.2, 0) is 0 Å². The van der Waals surface area contributed by atoms with Gasteiger partial charge >= 0.3 is 0 Å². The van der Waals surface area contributed by atoms with Crippen LogP contribution in [0.15, 0.2) is 58.0 Å². The molecule has 0 radical (unpaired) electrons. The Morgan fingerprint density at radius 1 is 1.17 bits per heavy atom. The molecule has 0 heterocycles. The minimum atomic E-state index is -0.105. The molecule has 1 unspecified atom stereocenters. The molecule has 0 bridgehead atoms. The van der Waals surface area contributed by atoms with Gasteiger partial charge in [-0.15, -0.1) is 0 Å². The minimum Gasteiger partial charge on any atom is -0.495 e. The molecule has 0 fully saturated rings. The van der Waals surface area contributed by atoms with E-state index in [1.54, 1.807) is 7.11 Å². The van der Waals surface area contributed by atoms with E-state index < -0.39 is 0 Å². The predicted molar refractivity (Wildman–Crippen MR) is 97.3 cm³/mol. The van der Waals surface area contributed by atoms with E-state index in [1.165, 1.54) is 0 Å². The number of nitrogens with two attached hydrogens (primary N) is 1. The van der Waals surface area contributed by atoms with Crippen molar-refractivity contribution in [3.63, 3.8) is 0 Å². The molecule has 0 saturated heterocycles. The van der Waals surface area contributed by atoms with Gasteiger partial charge in [-0.3, -0.25) is 0 Å². The first-order chi connectivity index (χ1) is 11.1. The summed E-state index contributed by atoms with van der Waals surface area (Å²) in [6.07, 6.45) is -0.105. The largest absolute Gasteiger partial charge is 0.495 e. The Bertz CT molecular complexity index is 676. The van der Waals surface area contributed by atoms with Crippen molar-refractivity contribution in [2.45, 2.75) is 13.0 Å². The number of benzene rings is 2. The molecule has 0 aromatic heterocycles. The minimum absolute atomic E-state index is 0.105. The number of guanidine groups is 1. The summed E-state index contributed by atoms with van der Waals surface area (Å²) in [7, 11) is 1.61. The Labute approximate surface area is 144 Å². The molecule has 0 amide bonds. The van der Waals surface area contributed by atoms with E-state index in [0.29, 0.717) is 18.3 Å². The number of methoxy groups -OCH3 is 1. The maximum Gasteiger partial charge on any atom is 0.193 e. The zero-order chi connectivity index (χ0) is 16.7. The molecule has 6 heteroatoms. The summed E-state index contributed by atoms with van der Waals surface area (Å²) < 4.78 is 12.0. The fourth-order valence-electron chi connectivity index (χ4n) is 1.95. The van der Waals surface area contributed by atoms with Crippen LogP contribution in [0.5, 0.6) is 11.5 Å². The van der Waals surface area contributed by atoms with Crippen molar-refractivity contribution < 1.29 is 9.47 Å². The molecule has 2 aromatic carbocycles. The quantitative estimate of drug-likeness (QED) is 0.595. The van der Waals surface area contributed by atoms with Crippen molar-refractivity contribution in [3.05, 3.63) is 53.0 Å². The summed E-state index contributed by atoms with van der Waals surface area (Å²) in [6.45, 7) is 2.38. The van der Waals surface area contributed by atoms with E-state index in [0.717, 1.165) is 15.9 Å². The molecule has 5 nitrogen and oxygen atoms in total. The van der Waals surface area contributed by atoms with E-state index in [-0.39, 0.29) is 6.10 Å². The number of hydrogen-bond donors (Lipinski definition) is 2. The normalized spacial score (nSPS) is 12.6. The highest BCUT2D eigenvalue weighted by Gasteiger charge is 2.07. The third-order valence-corrected chi connectivity index (χ3v) is 3.71. The molecule has 0 aliphatic heterocycles. The van der Waals surface area contributed by atoms with Crippen LogP contribution in [0.25, 0.3) is 0 Å². The molecule has 122 valence electrons. The lowest BCUT2D eigenvalue weighted by atomic mass is 10.3. The summed E-state index contributed by atoms with van der Waals surface area (Å²) in [6, 6.07) is 15.2. The van der Waals surface area contributed by atoms with Crippen molar-refractivity contribution in [1.29, 1.82) is 0 Å². The maximum atomic E-state index is 5.92. The van der Waals surface area contributed by atoms with Gasteiger partial charge in [0.15, 0.2) is 5.96 Å². The van der Waals surface area contributed by atoms with Gasteiger partial charge in [-0.25, -0.2) is 4.99 Å². The number of nitrogens with zero attached hydrogens (tertiary/aromatic N) is 1. The van der Waals surface area contributed by atoms with Crippen LogP contribution in [-0.4, -0.2) is 25.7 Å². The van der Waals surface area contributed by atoms with Crippen LogP contribution in [0, 0.1) is 0 Å². The van der Waals surface area contributed by atoms with Crippen LogP contribution in [0.2, 0.25) is 0 Å². The monoisotopic (exact) mass is 377 g/mol. The van der Waals surface area contributed by atoms with E-state index >= 15 is 0 Å². The van der Waals surface area contributed by atoms with Gasteiger partial charge in [-0.05, 0) is 47.1 Å². The number of anilines is 1. The molecule has 23 heavy (non-hydrogen) atoms. The Morgan fingerprint density at radius 2 is 1.83 bits per heavy atom. The second-order valence-electron chi connectivity index (χ2n) is 4.91. The summed E-state index contributed by atoms with van der Waals surface area (Å²) >= 11 is 3.45. The number of aliphatic imine (C=N–C) groups is 1. The Hall–Kier alpha value is -2.21. The highest BCUT2D eigenvalue weighted by Crippen LogP contribution is 2.25. The van der Waals surface area contributed by atoms with Gasteiger partial charge in [0.1, 0.15) is 17.6 Å². The van der Waals surface area contributed by atoms with Crippen LogP contribution in [0.3, 0.4) is 0 Å². The zero-order valence-electron chi connectivity index (χ0n) is 13.1. The van der Waals surface area contributed by atoms with Gasteiger partial charge in [0, 0.05) is 0 Å². The van der Waals surface area contributed by atoms with E-state index in [1.807, 2.05) is 55.5 Å². The first-order valence-corrected chi connectivity index (χ1v) is 8.00. The number of ether oxygens (including phenoxy) is 2. The standard InChI is InChI=1S/C17H20BrN3O2/c1-12(23-15-9-5-3-7-13(15)18)11-20-17(19)21-14-8-4-6-10-16(14)22-2/h3-10,12H,11H2,1-2H3,(H3,19,20,21). The van der Waals surface area contributed by atoms with Crippen LogP contribution in [0.1, 0.15) is 6.92 Å². The zero-order valence-corrected chi connectivity index (χ0v) is 14.7. The number of hydrogen-bond acceptors (Lipinski definition) is 3. The molecule has 0 aliphatic carbocycles. The summed E-state index contributed by atoms with van der Waals surface area (Å²) in [5.41, 5.74) is 6.69. The third-order valence-electron chi connectivity index (χ3n) is 3.05. The molecular weight excluding hydrogens is 358 g/mol. The SMILES string of the molecule is COc1ccccc1NC(N)=NCC(C)Oc1ccccc1Br. The lowest BCUT2D eigenvalue weighted by Gasteiger charge is -2.15. The smallest absolute Gasteiger partial charge is 0.193 e. The van der Waals surface area contributed by atoms with Gasteiger partial charge < -0.3 is 20.5 Å². The molecule has 0 saturated carbocycles. The molecular formula is C17H20BrN3O2. The van der Waals surface area contributed by atoms with Crippen molar-refractivity contribution in [2.24, 2.45) is 10.7 Å². The van der Waals surface area contributed by atoms with Crippen LogP contribution >= 0.6 is 15.9 Å². The number of rotatable bonds is 6. The van der Waals surface area contributed by atoms with E-state index in [2.05, 4.69) is 26.2 Å². The molecule has 2 rings (SSSR count). The average Bonchev–Trinajstić information content (AvgIpc) is 2.55. The first kappa shape index (κ1) is 17.1. The van der Waals surface area contributed by atoms with Crippen molar-refractivity contribution in [1.82, 2.24) is 0 Å². The number of para-hydroxylation sites is 3.